The van der Waals surface area contributed by atoms with Gasteiger partial charge in [0.15, 0.2) is 5.82 Å². The van der Waals surface area contributed by atoms with E-state index in [4.69, 9.17) is 0 Å². The van der Waals surface area contributed by atoms with Crippen LogP contribution in [0.5, 0.6) is 0 Å². The molecule has 4 rings (SSSR count). The number of aromatic nitrogens is 2. The Balaban J connectivity index is 1.47. The normalized spacial score (nSPS) is 11.2. The van der Waals surface area contributed by atoms with E-state index in [-0.39, 0.29) is 11.7 Å². The van der Waals surface area contributed by atoms with Crippen LogP contribution in [0.25, 0.3) is 28.5 Å². The Hall–Kier alpha value is -3.93. The first-order chi connectivity index (χ1) is 13.6. The van der Waals surface area contributed by atoms with Crippen molar-refractivity contribution in [2.75, 3.05) is 5.32 Å². The van der Waals surface area contributed by atoms with Gasteiger partial charge in [-0.3, -0.25) is 4.79 Å². The molecule has 1 heterocycles. The van der Waals surface area contributed by atoms with Crippen LogP contribution in [-0.4, -0.2) is 20.8 Å². The summed E-state index contributed by atoms with van der Waals surface area (Å²) in [5.41, 5.74) is 3.38. The number of imidazole rings is 1. The molecular weight excluding hydrogens is 357 g/mol. The highest BCUT2D eigenvalue weighted by molar-refractivity contribution is 6.02. The van der Waals surface area contributed by atoms with E-state index in [0.29, 0.717) is 22.5 Å². The fourth-order valence-corrected chi connectivity index (χ4v) is 2.83. The number of nitrogens with one attached hydrogen (secondary N) is 1. The molecule has 5 nitrogen and oxygen atoms in total. The molecule has 3 aromatic carbocycles. The molecule has 0 saturated carbocycles. The Morgan fingerprint density at radius 1 is 1.00 bits per heavy atom. The summed E-state index contributed by atoms with van der Waals surface area (Å²) in [6, 6.07) is 20.2. The number of nitrogens with zero attached hydrogens (tertiary/aromatic N) is 2. The summed E-state index contributed by atoms with van der Waals surface area (Å²) in [6.45, 7) is 0. The van der Waals surface area contributed by atoms with Crippen LogP contribution in [0.3, 0.4) is 0 Å². The van der Waals surface area contributed by atoms with Crippen LogP contribution in [0, 0.1) is 5.82 Å². The number of halogens is 1. The van der Waals surface area contributed by atoms with Gasteiger partial charge in [0.1, 0.15) is 11.3 Å². The number of carbonyl (C=O) groups is 1. The van der Waals surface area contributed by atoms with Gasteiger partial charge in [-0.25, -0.2) is 9.37 Å². The molecule has 4 aromatic rings. The highest BCUT2D eigenvalue weighted by Crippen LogP contribution is 2.24. The number of carbonyl (C=O) groups excluding carboxylic acids is 1. The molecular formula is C22H16FN3O2. The number of hydrogen-bond acceptors (Lipinski definition) is 3. The van der Waals surface area contributed by atoms with Gasteiger partial charge in [0, 0.05) is 17.3 Å². The molecule has 1 aromatic heterocycles. The average molecular weight is 373 g/mol. The number of para-hydroxylation sites is 2. The van der Waals surface area contributed by atoms with Gasteiger partial charge >= 0.3 is 0 Å². The van der Waals surface area contributed by atoms with Crippen molar-refractivity contribution in [2.24, 2.45) is 0 Å². The van der Waals surface area contributed by atoms with E-state index in [1.54, 1.807) is 48.5 Å². The molecule has 28 heavy (non-hydrogen) atoms. The van der Waals surface area contributed by atoms with Gasteiger partial charge in [0.25, 0.3) is 0 Å². The smallest absolute Gasteiger partial charge is 0.248 e. The van der Waals surface area contributed by atoms with Gasteiger partial charge < -0.3 is 10.5 Å². The fraction of sp³-hybridized carbons (Fsp3) is 0. The molecule has 0 atom stereocenters. The third-order valence-electron chi connectivity index (χ3n) is 4.24. The average Bonchev–Trinajstić information content (AvgIpc) is 3.05. The summed E-state index contributed by atoms with van der Waals surface area (Å²) in [4.78, 5) is 16.5. The topological polar surface area (TPSA) is 67.2 Å². The number of anilines is 1. The minimum Gasteiger partial charge on any atom is -0.426 e. The first-order valence-electron chi connectivity index (χ1n) is 8.62. The molecule has 0 spiro atoms. The van der Waals surface area contributed by atoms with E-state index < -0.39 is 0 Å². The lowest BCUT2D eigenvalue weighted by Gasteiger charge is -2.05. The standard InChI is InChI=1S/C22H16FN3O2/c23-17-10-5-15(6-11-17)7-14-21(27)24-18-12-8-16(9-13-18)22-25-19-3-1-2-4-20(19)26(22)28/h1-14,28H,(H,24,27)/b14-7+. The van der Waals surface area contributed by atoms with Crippen LogP contribution in [0.1, 0.15) is 5.56 Å². The van der Waals surface area contributed by atoms with E-state index in [2.05, 4.69) is 10.3 Å². The molecule has 1 amide bonds. The molecule has 138 valence electrons. The Bertz CT molecular complexity index is 1160. The number of hydrogen-bond donors (Lipinski definition) is 2. The lowest BCUT2D eigenvalue weighted by Crippen LogP contribution is -2.07. The van der Waals surface area contributed by atoms with Crippen LogP contribution < -0.4 is 5.32 Å². The molecule has 0 radical (unpaired) electrons. The van der Waals surface area contributed by atoms with Gasteiger partial charge in [-0.15, -0.1) is 0 Å². The number of benzene rings is 3. The molecule has 0 fully saturated rings. The van der Waals surface area contributed by atoms with E-state index >= 15 is 0 Å². The zero-order valence-corrected chi connectivity index (χ0v) is 14.7. The minimum atomic E-state index is -0.321. The molecule has 0 saturated heterocycles. The van der Waals surface area contributed by atoms with Crippen LogP contribution in [0.4, 0.5) is 10.1 Å². The summed E-state index contributed by atoms with van der Waals surface area (Å²) >= 11 is 0. The second-order valence-corrected chi connectivity index (χ2v) is 6.19. The van der Waals surface area contributed by atoms with Crippen molar-refractivity contribution in [1.82, 2.24) is 9.71 Å². The summed E-state index contributed by atoms with van der Waals surface area (Å²) < 4.78 is 13.9. The van der Waals surface area contributed by atoms with Gasteiger partial charge in [-0.1, -0.05) is 24.3 Å². The molecule has 0 aliphatic rings. The van der Waals surface area contributed by atoms with E-state index in [9.17, 15) is 14.4 Å². The highest BCUT2D eigenvalue weighted by atomic mass is 19.1. The minimum absolute atomic E-state index is 0.300. The van der Waals surface area contributed by atoms with Gasteiger partial charge in [0.2, 0.25) is 5.91 Å². The lowest BCUT2D eigenvalue weighted by molar-refractivity contribution is -0.111. The molecule has 0 aliphatic carbocycles. The first kappa shape index (κ1) is 17.5. The van der Waals surface area contributed by atoms with E-state index in [0.717, 1.165) is 15.9 Å². The maximum atomic E-state index is 12.9. The second kappa shape index (κ2) is 7.36. The third-order valence-corrected chi connectivity index (χ3v) is 4.24. The summed E-state index contributed by atoms with van der Waals surface area (Å²) in [6.07, 6.45) is 2.99. The van der Waals surface area contributed by atoms with Gasteiger partial charge in [-0.05, 0) is 60.2 Å². The summed E-state index contributed by atoms with van der Waals surface area (Å²) in [5, 5.41) is 13.1. The lowest BCUT2D eigenvalue weighted by atomic mass is 10.2. The van der Waals surface area contributed by atoms with E-state index in [1.165, 1.54) is 18.2 Å². The summed E-state index contributed by atoms with van der Waals surface area (Å²) in [5.74, 6) is -0.195. The molecule has 0 bridgehead atoms. The van der Waals surface area contributed by atoms with Crippen LogP contribution in [-0.2, 0) is 4.79 Å². The predicted molar refractivity (Wildman–Crippen MR) is 106 cm³/mol. The van der Waals surface area contributed by atoms with Gasteiger partial charge in [-0.2, -0.15) is 4.73 Å². The second-order valence-electron chi connectivity index (χ2n) is 6.19. The first-order valence-corrected chi connectivity index (χ1v) is 8.62. The maximum Gasteiger partial charge on any atom is 0.248 e. The molecule has 2 N–H and O–H groups in total. The van der Waals surface area contributed by atoms with Crippen molar-refractivity contribution in [1.29, 1.82) is 0 Å². The van der Waals surface area contributed by atoms with Crippen molar-refractivity contribution >= 4 is 28.7 Å². The zero-order chi connectivity index (χ0) is 19.5. The van der Waals surface area contributed by atoms with Crippen molar-refractivity contribution < 1.29 is 14.4 Å². The largest absolute Gasteiger partial charge is 0.426 e. The third kappa shape index (κ3) is 3.61. The molecule has 6 heteroatoms. The number of rotatable bonds is 4. The van der Waals surface area contributed by atoms with Crippen molar-refractivity contribution in [3.8, 4) is 11.4 Å². The van der Waals surface area contributed by atoms with Crippen molar-refractivity contribution in [3.05, 3.63) is 90.3 Å². The maximum absolute atomic E-state index is 12.9. The highest BCUT2D eigenvalue weighted by Gasteiger charge is 2.11. The monoisotopic (exact) mass is 373 g/mol. The van der Waals surface area contributed by atoms with Crippen molar-refractivity contribution in [3.63, 3.8) is 0 Å². The zero-order valence-electron chi connectivity index (χ0n) is 14.7. The Morgan fingerprint density at radius 3 is 2.43 bits per heavy atom. The van der Waals surface area contributed by atoms with Gasteiger partial charge in [0.05, 0.1) is 5.52 Å². The fourth-order valence-electron chi connectivity index (χ4n) is 2.83. The van der Waals surface area contributed by atoms with Crippen molar-refractivity contribution in [2.45, 2.75) is 0 Å². The number of fused-ring (bicyclic) bond motifs is 1. The Labute approximate surface area is 160 Å². The molecule has 0 unspecified atom stereocenters. The summed E-state index contributed by atoms with van der Waals surface area (Å²) in [7, 11) is 0. The van der Waals surface area contributed by atoms with Crippen LogP contribution in [0.2, 0.25) is 0 Å². The Morgan fingerprint density at radius 2 is 1.71 bits per heavy atom. The quantitative estimate of drug-likeness (QED) is 0.401. The van der Waals surface area contributed by atoms with Crippen LogP contribution in [0.15, 0.2) is 78.9 Å². The Kier molecular flexibility index (Phi) is 4.60. The molecule has 0 aliphatic heterocycles. The predicted octanol–water partition coefficient (Wildman–Crippen LogP) is 4.73. The van der Waals surface area contributed by atoms with E-state index in [1.807, 2.05) is 18.2 Å². The van der Waals surface area contributed by atoms with Crippen LogP contribution >= 0.6 is 0 Å². The SMILES string of the molecule is O=C(/C=C/c1ccc(F)cc1)Nc1ccc(-c2nc3ccccc3n2O)cc1. The number of amides is 1.